The fourth-order valence-corrected chi connectivity index (χ4v) is 3.14. The van der Waals surface area contributed by atoms with Gasteiger partial charge >= 0.3 is 5.69 Å². The third-order valence-electron chi connectivity index (χ3n) is 3.91. The average molecular weight is 414 g/mol. The van der Waals surface area contributed by atoms with Crippen molar-refractivity contribution in [3.05, 3.63) is 84.5 Å². The molecule has 1 aromatic heterocycles. The van der Waals surface area contributed by atoms with Crippen molar-refractivity contribution >= 4 is 27.8 Å². The zero-order chi connectivity index (χ0) is 18.8. The van der Waals surface area contributed by atoms with E-state index in [1.54, 1.807) is 18.2 Å². The van der Waals surface area contributed by atoms with Crippen LogP contribution in [-0.4, -0.2) is 20.9 Å². The predicted molar refractivity (Wildman–Crippen MR) is 105 cm³/mol. The lowest BCUT2D eigenvalue weighted by atomic mass is 10.2. The molecule has 0 atom stereocenters. The number of aromatic nitrogens is 2. The van der Waals surface area contributed by atoms with Crippen molar-refractivity contribution in [2.24, 2.45) is 4.99 Å². The predicted octanol–water partition coefficient (Wildman–Crippen LogP) is 3.36. The monoisotopic (exact) mass is 413 g/mol. The fourth-order valence-electron chi connectivity index (χ4n) is 2.54. The number of nitrogens with one attached hydrogen (secondary N) is 1. The Morgan fingerprint density at radius 1 is 1.15 bits per heavy atom. The maximum absolute atomic E-state index is 12.2. The number of hydrogen-bond donors (Lipinski definition) is 2. The number of benzene rings is 2. The second kappa shape index (κ2) is 7.13. The molecule has 0 aliphatic rings. The van der Waals surface area contributed by atoms with Gasteiger partial charge < -0.3 is 5.11 Å². The van der Waals surface area contributed by atoms with Crippen molar-refractivity contribution < 1.29 is 5.11 Å². The zero-order valence-electron chi connectivity index (χ0n) is 14.2. The average Bonchev–Trinajstić information content (AvgIpc) is 2.57. The summed E-state index contributed by atoms with van der Waals surface area (Å²) in [7, 11) is 0. The largest absolute Gasteiger partial charge is 0.493 e. The summed E-state index contributed by atoms with van der Waals surface area (Å²) in [6, 6.07) is 12.6. The van der Waals surface area contributed by atoms with Gasteiger partial charge in [0.05, 0.1) is 11.4 Å². The first-order chi connectivity index (χ1) is 12.4. The van der Waals surface area contributed by atoms with Crippen LogP contribution in [0.5, 0.6) is 5.88 Å². The van der Waals surface area contributed by atoms with Crippen LogP contribution in [-0.2, 0) is 0 Å². The van der Waals surface area contributed by atoms with Crippen LogP contribution in [0.3, 0.4) is 0 Å². The second-order valence-electron chi connectivity index (χ2n) is 5.83. The Morgan fingerprint density at radius 3 is 2.58 bits per heavy atom. The third kappa shape index (κ3) is 3.39. The lowest BCUT2D eigenvalue weighted by Gasteiger charge is -2.11. The molecule has 3 rings (SSSR count). The Balaban J connectivity index is 2.16. The summed E-state index contributed by atoms with van der Waals surface area (Å²) in [4.78, 5) is 30.9. The highest BCUT2D eigenvalue weighted by atomic mass is 79.9. The molecule has 3 aromatic rings. The number of aliphatic imine (C=N–C) groups is 1. The van der Waals surface area contributed by atoms with Gasteiger partial charge in [-0.25, -0.2) is 9.36 Å². The first kappa shape index (κ1) is 17.9. The van der Waals surface area contributed by atoms with Crippen molar-refractivity contribution in [1.82, 2.24) is 9.55 Å². The number of para-hydroxylation sites is 1. The van der Waals surface area contributed by atoms with E-state index >= 15 is 0 Å². The number of H-pyrrole nitrogens is 1. The standard InChI is InChI=1S/C19H16BrN3O3/c1-11-7-8-15(14(20)9-11)21-10-13-17(24)22-19(26)23(18(13)25)16-6-4-3-5-12(16)2/h3-10,25H,1-2H3,(H,22,24,26). The molecule has 26 heavy (non-hydrogen) atoms. The van der Waals surface area contributed by atoms with Gasteiger partial charge in [0.25, 0.3) is 5.56 Å². The minimum Gasteiger partial charge on any atom is -0.493 e. The summed E-state index contributed by atoms with van der Waals surface area (Å²) in [6.45, 7) is 3.76. The van der Waals surface area contributed by atoms with Crippen molar-refractivity contribution in [3.63, 3.8) is 0 Å². The maximum atomic E-state index is 12.2. The molecule has 0 saturated carbocycles. The molecule has 7 heteroatoms. The van der Waals surface area contributed by atoms with Gasteiger partial charge in [0.15, 0.2) is 0 Å². The van der Waals surface area contributed by atoms with Crippen molar-refractivity contribution in [2.45, 2.75) is 13.8 Å². The van der Waals surface area contributed by atoms with Crippen molar-refractivity contribution in [3.8, 4) is 11.6 Å². The number of nitrogens with zero attached hydrogens (tertiary/aromatic N) is 2. The summed E-state index contributed by atoms with van der Waals surface area (Å²) in [5.41, 5.74) is 1.41. The van der Waals surface area contributed by atoms with Crippen LogP contribution in [0.4, 0.5) is 5.69 Å². The number of halogens is 1. The lowest BCUT2D eigenvalue weighted by Crippen LogP contribution is -2.31. The van der Waals surface area contributed by atoms with Gasteiger partial charge in [-0.2, -0.15) is 0 Å². The van der Waals surface area contributed by atoms with E-state index in [1.165, 1.54) is 6.21 Å². The molecule has 0 fully saturated rings. The van der Waals surface area contributed by atoms with Crippen LogP contribution in [0, 0.1) is 13.8 Å². The van der Waals surface area contributed by atoms with Crippen molar-refractivity contribution in [2.75, 3.05) is 0 Å². The smallest absolute Gasteiger partial charge is 0.335 e. The van der Waals surface area contributed by atoms with E-state index < -0.39 is 17.1 Å². The minimum atomic E-state index is -0.713. The Kier molecular flexibility index (Phi) is 4.90. The van der Waals surface area contributed by atoms with E-state index in [1.807, 2.05) is 38.1 Å². The van der Waals surface area contributed by atoms with Crippen LogP contribution in [0.1, 0.15) is 16.7 Å². The van der Waals surface area contributed by atoms with Gasteiger partial charge in [0.1, 0.15) is 5.56 Å². The topological polar surface area (TPSA) is 87.4 Å². The number of hydrogen-bond acceptors (Lipinski definition) is 4. The fraction of sp³-hybridized carbons (Fsp3) is 0.105. The van der Waals surface area contributed by atoms with Gasteiger partial charge in [0, 0.05) is 10.7 Å². The molecule has 6 nitrogen and oxygen atoms in total. The summed E-state index contributed by atoms with van der Waals surface area (Å²) in [6.07, 6.45) is 1.25. The summed E-state index contributed by atoms with van der Waals surface area (Å²) >= 11 is 3.41. The van der Waals surface area contributed by atoms with Gasteiger partial charge in [-0.3, -0.25) is 14.8 Å². The summed E-state index contributed by atoms with van der Waals surface area (Å²) in [5.74, 6) is -0.458. The molecule has 0 saturated heterocycles. The quantitative estimate of drug-likeness (QED) is 0.645. The normalized spacial score (nSPS) is 11.2. The zero-order valence-corrected chi connectivity index (χ0v) is 15.7. The first-order valence-corrected chi connectivity index (χ1v) is 8.62. The molecular weight excluding hydrogens is 398 g/mol. The van der Waals surface area contributed by atoms with Crippen LogP contribution in [0.25, 0.3) is 5.69 Å². The van der Waals surface area contributed by atoms with E-state index in [0.29, 0.717) is 11.4 Å². The molecule has 132 valence electrons. The van der Waals surface area contributed by atoms with E-state index in [4.69, 9.17) is 0 Å². The van der Waals surface area contributed by atoms with Gasteiger partial charge in [-0.15, -0.1) is 0 Å². The molecule has 0 aliphatic heterocycles. The van der Waals surface area contributed by atoms with Crippen molar-refractivity contribution in [1.29, 1.82) is 0 Å². The van der Waals surface area contributed by atoms with Gasteiger partial charge in [-0.05, 0) is 59.1 Å². The Labute approximate surface area is 157 Å². The highest BCUT2D eigenvalue weighted by Gasteiger charge is 2.15. The van der Waals surface area contributed by atoms with E-state index in [-0.39, 0.29) is 5.56 Å². The molecule has 0 aliphatic carbocycles. The number of aromatic hydroxyl groups is 1. The molecule has 0 bridgehead atoms. The molecule has 2 aromatic carbocycles. The number of aryl methyl sites for hydroxylation is 2. The Morgan fingerprint density at radius 2 is 1.88 bits per heavy atom. The lowest BCUT2D eigenvalue weighted by molar-refractivity contribution is 0.430. The van der Waals surface area contributed by atoms with Crippen LogP contribution >= 0.6 is 15.9 Å². The van der Waals surface area contributed by atoms with Crippen LogP contribution < -0.4 is 11.2 Å². The summed E-state index contributed by atoms with van der Waals surface area (Å²) < 4.78 is 1.82. The highest BCUT2D eigenvalue weighted by molar-refractivity contribution is 9.10. The minimum absolute atomic E-state index is 0.0969. The van der Waals surface area contributed by atoms with Crippen LogP contribution in [0.15, 0.2) is 61.5 Å². The first-order valence-electron chi connectivity index (χ1n) is 7.83. The highest BCUT2D eigenvalue weighted by Crippen LogP contribution is 2.26. The van der Waals surface area contributed by atoms with E-state index in [0.717, 1.165) is 20.2 Å². The number of rotatable bonds is 3. The molecule has 2 N–H and O–H groups in total. The molecule has 0 radical (unpaired) electrons. The molecule has 1 heterocycles. The third-order valence-corrected chi connectivity index (χ3v) is 4.55. The van der Waals surface area contributed by atoms with Gasteiger partial charge in [0.2, 0.25) is 5.88 Å². The molecule has 0 spiro atoms. The SMILES string of the molecule is Cc1ccc(N=Cc2c(O)n(-c3ccccc3C)c(=O)[nH]c2=O)c(Br)c1. The molecule has 0 amide bonds. The Bertz CT molecular complexity index is 1130. The maximum Gasteiger partial charge on any atom is 0.335 e. The van der Waals surface area contributed by atoms with E-state index in [9.17, 15) is 14.7 Å². The number of aromatic amines is 1. The molecular formula is C19H16BrN3O3. The van der Waals surface area contributed by atoms with Gasteiger partial charge in [-0.1, -0.05) is 24.3 Å². The van der Waals surface area contributed by atoms with Crippen LogP contribution in [0.2, 0.25) is 0 Å². The summed E-state index contributed by atoms with van der Waals surface area (Å²) in [5, 5.41) is 10.6. The Hall–Kier alpha value is -2.93. The van der Waals surface area contributed by atoms with E-state index in [2.05, 4.69) is 25.9 Å². The second-order valence-corrected chi connectivity index (χ2v) is 6.69. The molecule has 0 unspecified atom stereocenters.